The van der Waals surface area contributed by atoms with Crippen molar-refractivity contribution in [2.24, 2.45) is 0 Å². The molecule has 0 bridgehead atoms. The smallest absolute Gasteiger partial charge is 0.307 e. The molecule has 1 aromatic carbocycles. The first-order valence-electron chi connectivity index (χ1n) is 7.42. The molecule has 0 aliphatic heterocycles. The van der Waals surface area contributed by atoms with Crippen molar-refractivity contribution >= 4 is 5.97 Å². The first kappa shape index (κ1) is 17.4. The lowest BCUT2D eigenvalue weighted by Gasteiger charge is -2.28. The molecule has 21 heavy (non-hydrogen) atoms. The Hall–Kier alpha value is -1.61. The summed E-state index contributed by atoms with van der Waals surface area (Å²) in [5.41, 5.74) is 0.801. The number of hydrogen-bond acceptors (Lipinski definition) is 3. The Balaban J connectivity index is 2.63. The van der Waals surface area contributed by atoms with E-state index in [2.05, 4.69) is 30.5 Å². The molecule has 1 rings (SSSR count). The Morgan fingerprint density at radius 1 is 1.33 bits per heavy atom. The predicted octanol–water partition coefficient (Wildman–Crippen LogP) is 3.79. The van der Waals surface area contributed by atoms with Gasteiger partial charge in [-0.3, -0.25) is 9.69 Å². The summed E-state index contributed by atoms with van der Waals surface area (Å²) in [4.78, 5) is 14.2. The van der Waals surface area contributed by atoms with E-state index in [0.29, 0.717) is 6.42 Å². The van der Waals surface area contributed by atoms with Crippen molar-refractivity contribution < 1.29 is 9.53 Å². The molecule has 0 saturated heterocycles. The largest absolute Gasteiger partial charge is 0.460 e. The van der Waals surface area contributed by atoms with Crippen LogP contribution in [0.3, 0.4) is 0 Å². The minimum atomic E-state index is -0.431. The Labute approximate surface area is 128 Å². The van der Waals surface area contributed by atoms with Gasteiger partial charge in [-0.05, 0) is 33.3 Å². The fourth-order valence-electron chi connectivity index (χ4n) is 2.14. The molecule has 1 aromatic rings. The van der Waals surface area contributed by atoms with Gasteiger partial charge in [0.15, 0.2) is 0 Å². The highest BCUT2D eigenvalue weighted by Gasteiger charge is 2.21. The number of carbonyl (C=O) groups is 1. The molecule has 0 heterocycles. The van der Waals surface area contributed by atoms with Crippen LogP contribution < -0.4 is 0 Å². The van der Waals surface area contributed by atoms with Crippen molar-refractivity contribution in [3.63, 3.8) is 0 Å². The third-order valence-corrected chi connectivity index (χ3v) is 3.10. The summed E-state index contributed by atoms with van der Waals surface area (Å²) in [6.07, 6.45) is 2.26. The number of rotatable bonds is 7. The van der Waals surface area contributed by atoms with Crippen LogP contribution in [0.15, 0.2) is 43.0 Å². The van der Waals surface area contributed by atoms with Crippen LogP contribution in [0, 0.1) is 0 Å². The second-order valence-electron chi connectivity index (χ2n) is 6.34. The van der Waals surface area contributed by atoms with Crippen LogP contribution in [0.4, 0.5) is 0 Å². The number of nitrogens with zero attached hydrogens (tertiary/aromatic N) is 1. The lowest BCUT2D eigenvalue weighted by atomic mass is 10.1. The molecule has 3 nitrogen and oxygen atoms in total. The normalized spacial score (nSPS) is 13.0. The van der Waals surface area contributed by atoms with Gasteiger partial charge in [-0.2, -0.15) is 0 Å². The van der Waals surface area contributed by atoms with E-state index in [1.165, 1.54) is 5.56 Å². The van der Waals surface area contributed by atoms with Crippen molar-refractivity contribution in [3.8, 4) is 0 Å². The average molecular weight is 289 g/mol. The number of esters is 1. The van der Waals surface area contributed by atoms with Crippen molar-refractivity contribution in [2.75, 3.05) is 6.54 Å². The minimum absolute atomic E-state index is 0.109. The Morgan fingerprint density at radius 3 is 2.48 bits per heavy atom. The molecule has 1 atom stereocenters. The second-order valence-corrected chi connectivity index (χ2v) is 6.34. The molecule has 116 valence electrons. The Morgan fingerprint density at radius 2 is 1.95 bits per heavy atom. The first-order valence-corrected chi connectivity index (χ1v) is 7.42. The summed E-state index contributed by atoms with van der Waals surface area (Å²) in [6.45, 7) is 13.1. The number of carbonyl (C=O) groups excluding carboxylic acids is 1. The molecule has 1 unspecified atom stereocenters. The van der Waals surface area contributed by atoms with E-state index >= 15 is 0 Å². The van der Waals surface area contributed by atoms with Crippen LogP contribution in [0.5, 0.6) is 0 Å². The van der Waals surface area contributed by atoms with Gasteiger partial charge in [0.2, 0.25) is 0 Å². The van der Waals surface area contributed by atoms with Gasteiger partial charge in [0, 0.05) is 19.1 Å². The molecule has 0 radical (unpaired) electrons. The molecule has 0 fully saturated rings. The summed E-state index contributed by atoms with van der Waals surface area (Å²) in [7, 11) is 0. The van der Waals surface area contributed by atoms with Gasteiger partial charge in [-0.1, -0.05) is 36.4 Å². The highest BCUT2D eigenvalue weighted by atomic mass is 16.6. The number of hydrogen-bond donors (Lipinski definition) is 0. The zero-order chi connectivity index (χ0) is 15.9. The highest BCUT2D eigenvalue weighted by Crippen LogP contribution is 2.14. The molecule has 0 saturated carbocycles. The fraction of sp³-hybridized carbons (Fsp3) is 0.500. The molecule has 0 aromatic heterocycles. The Kier molecular flexibility index (Phi) is 6.63. The van der Waals surface area contributed by atoms with E-state index in [0.717, 1.165) is 13.1 Å². The SMILES string of the molecule is C=CCN(Cc1ccccc1)C(C)CC(=O)OC(C)(C)C. The van der Waals surface area contributed by atoms with Gasteiger partial charge < -0.3 is 4.74 Å². The van der Waals surface area contributed by atoms with E-state index in [1.54, 1.807) is 0 Å². The zero-order valence-electron chi connectivity index (χ0n) is 13.6. The van der Waals surface area contributed by atoms with E-state index in [1.807, 2.05) is 45.0 Å². The van der Waals surface area contributed by atoms with Gasteiger partial charge in [-0.15, -0.1) is 6.58 Å². The standard InChI is InChI=1S/C18H27NO2/c1-6-12-19(14-16-10-8-7-9-11-16)15(2)13-17(20)21-18(3,4)5/h6-11,15H,1,12-14H2,2-5H3. The van der Waals surface area contributed by atoms with Gasteiger partial charge >= 0.3 is 5.97 Å². The van der Waals surface area contributed by atoms with Crippen LogP contribution in [0.1, 0.15) is 39.7 Å². The number of benzene rings is 1. The van der Waals surface area contributed by atoms with Gasteiger partial charge in [0.25, 0.3) is 0 Å². The summed E-state index contributed by atoms with van der Waals surface area (Å²) >= 11 is 0. The molecule has 3 heteroatoms. The monoisotopic (exact) mass is 289 g/mol. The summed E-state index contributed by atoms with van der Waals surface area (Å²) in [6, 6.07) is 10.4. The highest BCUT2D eigenvalue weighted by molar-refractivity contribution is 5.70. The second kappa shape index (κ2) is 7.99. The Bertz CT molecular complexity index is 448. The maximum absolute atomic E-state index is 12.0. The van der Waals surface area contributed by atoms with Gasteiger partial charge in [-0.25, -0.2) is 0 Å². The summed E-state index contributed by atoms with van der Waals surface area (Å²) in [5.74, 6) is -0.155. The molecule has 0 amide bonds. The third kappa shape index (κ3) is 7.09. The quantitative estimate of drug-likeness (QED) is 0.565. The van der Waals surface area contributed by atoms with E-state index in [-0.39, 0.29) is 12.0 Å². The molecule has 0 N–H and O–H groups in total. The number of ether oxygens (including phenoxy) is 1. The lowest BCUT2D eigenvalue weighted by molar-refractivity contribution is -0.156. The van der Waals surface area contributed by atoms with E-state index in [4.69, 9.17) is 4.74 Å². The van der Waals surface area contributed by atoms with Gasteiger partial charge in [0.05, 0.1) is 6.42 Å². The topological polar surface area (TPSA) is 29.5 Å². The minimum Gasteiger partial charge on any atom is -0.460 e. The van der Waals surface area contributed by atoms with Crippen LogP contribution >= 0.6 is 0 Å². The van der Waals surface area contributed by atoms with E-state index in [9.17, 15) is 4.79 Å². The van der Waals surface area contributed by atoms with Crippen LogP contribution in [-0.2, 0) is 16.1 Å². The van der Waals surface area contributed by atoms with Crippen LogP contribution in [0.25, 0.3) is 0 Å². The van der Waals surface area contributed by atoms with Crippen LogP contribution in [0.2, 0.25) is 0 Å². The maximum atomic E-state index is 12.0. The summed E-state index contributed by atoms with van der Waals surface area (Å²) < 4.78 is 5.40. The van der Waals surface area contributed by atoms with Crippen molar-refractivity contribution in [1.29, 1.82) is 0 Å². The zero-order valence-corrected chi connectivity index (χ0v) is 13.6. The lowest BCUT2D eigenvalue weighted by Crippen LogP contribution is -2.36. The van der Waals surface area contributed by atoms with Crippen molar-refractivity contribution in [1.82, 2.24) is 4.90 Å². The van der Waals surface area contributed by atoms with Crippen LogP contribution in [-0.4, -0.2) is 29.1 Å². The predicted molar refractivity (Wildman–Crippen MR) is 87.0 cm³/mol. The maximum Gasteiger partial charge on any atom is 0.307 e. The molecular weight excluding hydrogens is 262 g/mol. The first-order chi connectivity index (χ1) is 9.81. The summed E-state index contributed by atoms with van der Waals surface area (Å²) in [5, 5.41) is 0. The fourth-order valence-corrected chi connectivity index (χ4v) is 2.14. The van der Waals surface area contributed by atoms with Gasteiger partial charge in [0.1, 0.15) is 5.60 Å². The molecule has 0 aliphatic carbocycles. The third-order valence-electron chi connectivity index (χ3n) is 3.10. The molecular formula is C18H27NO2. The molecule has 0 spiro atoms. The van der Waals surface area contributed by atoms with E-state index < -0.39 is 5.60 Å². The van der Waals surface area contributed by atoms with Crippen molar-refractivity contribution in [3.05, 3.63) is 48.6 Å². The molecule has 0 aliphatic rings. The van der Waals surface area contributed by atoms with Crippen molar-refractivity contribution in [2.45, 2.75) is 52.3 Å². The average Bonchev–Trinajstić information content (AvgIpc) is 2.37.